The van der Waals surface area contributed by atoms with Crippen LogP contribution in [0.5, 0.6) is 0 Å². The normalized spacial score (nSPS) is 19.3. The molecule has 1 saturated heterocycles. The fourth-order valence-electron chi connectivity index (χ4n) is 1.74. The summed E-state index contributed by atoms with van der Waals surface area (Å²) >= 11 is 0. The highest BCUT2D eigenvalue weighted by Crippen LogP contribution is 2.09. The van der Waals surface area contributed by atoms with Crippen LogP contribution >= 0.6 is 0 Å². The number of hydrogen-bond donors (Lipinski definition) is 2. The minimum atomic E-state index is 0.857. The molecular weight excluding hydrogens is 176 g/mol. The molecule has 4 nitrogen and oxygen atoms in total. The summed E-state index contributed by atoms with van der Waals surface area (Å²) in [4.78, 5) is 6.70. The number of hydrazine groups is 1. The number of nitrogens with one attached hydrogen (secondary N) is 1. The Bertz CT molecular complexity index is 171. The second-order valence-corrected chi connectivity index (χ2v) is 3.75. The van der Waals surface area contributed by atoms with Crippen molar-refractivity contribution in [2.75, 3.05) is 19.6 Å². The monoisotopic (exact) mass is 198 g/mol. The van der Waals surface area contributed by atoms with E-state index in [0.717, 1.165) is 32.0 Å². The third-order valence-electron chi connectivity index (χ3n) is 2.52. The first kappa shape index (κ1) is 11.3. The van der Waals surface area contributed by atoms with Crippen LogP contribution in [0.15, 0.2) is 4.99 Å². The molecule has 1 heterocycles. The second kappa shape index (κ2) is 6.65. The number of nitrogens with zero attached hydrogens (tertiary/aromatic N) is 2. The molecule has 0 atom stereocenters. The summed E-state index contributed by atoms with van der Waals surface area (Å²) in [6, 6.07) is 0. The molecule has 1 aliphatic rings. The first-order valence-corrected chi connectivity index (χ1v) is 5.64. The maximum Gasteiger partial charge on any atom is 0.208 e. The molecular formula is C10H22N4. The van der Waals surface area contributed by atoms with Crippen molar-refractivity contribution in [1.82, 2.24) is 10.3 Å². The first-order chi connectivity index (χ1) is 6.88. The number of guanidine groups is 1. The van der Waals surface area contributed by atoms with Gasteiger partial charge in [0.25, 0.3) is 0 Å². The standard InChI is InChI=1S/C10H22N4/c1-2-7-12-10(13-11)14-8-5-3-4-6-9-14/h2-9,11H2,1H3,(H,12,13). The van der Waals surface area contributed by atoms with Gasteiger partial charge in [0.05, 0.1) is 0 Å². The predicted molar refractivity (Wildman–Crippen MR) is 60.0 cm³/mol. The zero-order chi connectivity index (χ0) is 10.2. The van der Waals surface area contributed by atoms with Gasteiger partial charge >= 0.3 is 0 Å². The molecule has 0 aliphatic carbocycles. The molecule has 0 radical (unpaired) electrons. The van der Waals surface area contributed by atoms with Crippen molar-refractivity contribution in [2.24, 2.45) is 10.8 Å². The molecule has 0 amide bonds. The van der Waals surface area contributed by atoms with Gasteiger partial charge in [-0.15, -0.1) is 0 Å². The molecule has 1 fully saturated rings. The Kier molecular flexibility index (Phi) is 5.37. The van der Waals surface area contributed by atoms with E-state index in [2.05, 4.69) is 22.2 Å². The summed E-state index contributed by atoms with van der Waals surface area (Å²) in [6.07, 6.45) is 6.25. The lowest BCUT2D eigenvalue weighted by Crippen LogP contribution is -2.45. The maximum absolute atomic E-state index is 5.47. The summed E-state index contributed by atoms with van der Waals surface area (Å²) in [6.45, 7) is 5.16. The number of rotatable bonds is 2. The molecule has 4 heteroatoms. The topological polar surface area (TPSA) is 53.6 Å². The van der Waals surface area contributed by atoms with Gasteiger partial charge in [-0.25, -0.2) is 5.84 Å². The molecule has 1 aliphatic heterocycles. The highest BCUT2D eigenvalue weighted by Gasteiger charge is 2.11. The van der Waals surface area contributed by atoms with Gasteiger partial charge in [0.1, 0.15) is 0 Å². The second-order valence-electron chi connectivity index (χ2n) is 3.75. The summed E-state index contributed by atoms with van der Waals surface area (Å²) < 4.78 is 0. The van der Waals surface area contributed by atoms with Gasteiger partial charge in [-0.2, -0.15) is 0 Å². The van der Waals surface area contributed by atoms with E-state index in [0.29, 0.717) is 0 Å². The number of hydrogen-bond acceptors (Lipinski definition) is 2. The Balaban J connectivity index is 2.48. The number of likely N-dealkylation sites (tertiary alicyclic amines) is 1. The van der Waals surface area contributed by atoms with Crippen molar-refractivity contribution in [3.8, 4) is 0 Å². The largest absolute Gasteiger partial charge is 0.342 e. The van der Waals surface area contributed by atoms with Gasteiger partial charge < -0.3 is 4.90 Å². The summed E-state index contributed by atoms with van der Waals surface area (Å²) in [7, 11) is 0. The van der Waals surface area contributed by atoms with Gasteiger partial charge in [-0.1, -0.05) is 19.8 Å². The Hall–Kier alpha value is -0.770. The Labute approximate surface area is 86.5 Å². The third-order valence-corrected chi connectivity index (χ3v) is 2.52. The SMILES string of the molecule is CCCN=C(NN)N1CCCCCC1. The van der Waals surface area contributed by atoms with Crippen molar-refractivity contribution in [1.29, 1.82) is 0 Å². The van der Waals surface area contributed by atoms with Gasteiger partial charge in [-0.3, -0.25) is 10.4 Å². The van der Waals surface area contributed by atoms with Crippen LogP contribution < -0.4 is 11.3 Å². The lowest BCUT2D eigenvalue weighted by Gasteiger charge is -2.23. The average Bonchev–Trinajstić information content (AvgIpc) is 2.48. The van der Waals surface area contributed by atoms with Crippen molar-refractivity contribution in [2.45, 2.75) is 39.0 Å². The maximum atomic E-state index is 5.47. The smallest absolute Gasteiger partial charge is 0.208 e. The van der Waals surface area contributed by atoms with Crippen LogP contribution in [0.25, 0.3) is 0 Å². The third kappa shape index (κ3) is 3.54. The molecule has 0 aromatic heterocycles. The van der Waals surface area contributed by atoms with E-state index in [-0.39, 0.29) is 0 Å². The Morgan fingerprint density at radius 2 is 1.93 bits per heavy atom. The summed E-state index contributed by atoms with van der Waals surface area (Å²) in [5.74, 6) is 6.34. The minimum Gasteiger partial charge on any atom is -0.342 e. The zero-order valence-corrected chi connectivity index (χ0v) is 9.13. The molecule has 0 unspecified atom stereocenters. The van der Waals surface area contributed by atoms with Crippen LogP contribution in [0.4, 0.5) is 0 Å². The van der Waals surface area contributed by atoms with Crippen molar-refractivity contribution in [3.05, 3.63) is 0 Å². The molecule has 0 aromatic rings. The van der Waals surface area contributed by atoms with Gasteiger partial charge in [0.15, 0.2) is 0 Å². The van der Waals surface area contributed by atoms with E-state index in [9.17, 15) is 0 Å². The van der Waals surface area contributed by atoms with E-state index < -0.39 is 0 Å². The van der Waals surface area contributed by atoms with Crippen LogP contribution in [0.2, 0.25) is 0 Å². The number of nitrogens with two attached hydrogens (primary N) is 1. The fourth-order valence-corrected chi connectivity index (χ4v) is 1.74. The van der Waals surface area contributed by atoms with Crippen LogP contribution in [-0.2, 0) is 0 Å². The lowest BCUT2D eigenvalue weighted by atomic mass is 10.2. The molecule has 82 valence electrons. The highest BCUT2D eigenvalue weighted by molar-refractivity contribution is 5.79. The molecule has 0 aromatic carbocycles. The van der Waals surface area contributed by atoms with E-state index >= 15 is 0 Å². The molecule has 1 rings (SSSR count). The minimum absolute atomic E-state index is 0.857. The molecule has 0 spiro atoms. The van der Waals surface area contributed by atoms with Crippen LogP contribution in [0.1, 0.15) is 39.0 Å². The van der Waals surface area contributed by atoms with Gasteiger partial charge in [0, 0.05) is 19.6 Å². The fraction of sp³-hybridized carbons (Fsp3) is 0.900. The molecule has 14 heavy (non-hydrogen) atoms. The summed E-state index contributed by atoms with van der Waals surface area (Å²) in [5, 5.41) is 0. The van der Waals surface area contributed by atoms with Gasteiger partial charge in [-0.05, 0) is 19.3 Å². The van der Waals surface area contributed by atoms with Crippen LogP contribution in [0, 0.1) is 0 Å². The Morgan fingerprint density at radius 1 is 1.29 bits per heavy atom. The zero-order valence-electron chi connectivity index (χ0n) is 9.13. The molecule has 0 bridgehead atoms. The average molecular weight is 198 g/mol. The number of aliphatic imine (C=N–C) groups is 1. The van der Waals surface area contributed by atoms with E-state index in [1.54, 1.807) is 0 Å². The molecule has 3 N–H and O–H groups in total. The quantitative estimate of drug-likeness (QED) is 0.302. The van der Waals surface area contributed by atoms with Crippen LogP contribution in [-0.4, -0.2) is 30.5 Å². The van der Waals surface area contributed by atoms with Crippen molar-refractivity contribution in [3.63, 3.8) is 0 Å². The molecule has 0 saturated carbocycles. The first-order valence-electron chi connectivity index (χ1n) is 5.64. The van der Waals surface area contributed by atoms with Gasteiger partial charge in [0.2, 0.25) is 5.96 Å². The summed E-state index contributed by atoms with van der Waals surface area (Å²) in [5.41, 5.74) is 2.71. The van der Waals surface area contributed by atoms with Crippen molar-refractivity contribution >= 4 is 5.96 Å². The Morgan fingerprint density at radius 3 is 2.43 bits per heavy atom. The van der Waals surface area contributed by atoms with E-state index in [4.69, 9.17) is 5.84 Å². The highest BCUT2D eigenvalue weighted by atomic mass is 15.4. The van der Waals surface area contributed by atoms with E-state index in [1.807, 2.05) is 0 Å². The van der Waals surface area contributed by atoms with Crippen molar-refractivity contribution < 1.29 is 0 Å². The predicted octanol–water partition coefficient (Wildman–Crippen LogP) is 1.09. The lowest BCUT2D eigenvalue weighted by molar-refractivity contribution is 0.417. The van der Waals surface area contributed by atoms with E-state index in [1.165, 1.54) is 25.7 Å². The van der Waals surface area contributed by atoms with Crippen LogP contribution in [0.3, 0.4) is 0 Å².